The van der Waals surface area contributed by atoms with Crippen molar-refractivity contribution in [1.82, 2.24) is 5.32 Å². The van der Waals surface area contributed by atoms with Gasteiger partial charge in [-0.1, -0.05) is 30.3 Å². The van der Waals surface area contributed by atoms with Crippen LogP contribution in [-0.4, -0.2) is 25.0 Å². The minimum Gasteiger partial charge on any atom is -0.465 e. The van der Waals surface area contributed by atoms with E-state index in [0.29, 0.717) is 19.0 Å². The lowest BCUT2D eigenvalue weighted by molar-refractivity contribution is -0.145. The zero-order valence-corrected chi connectivity index (χ0v) is 10.0. The van der Waals surface area contributed by atoms with E-state index in [1.165, 1.54) is 0 Å². The first-order chi connectivity index (χ1) is 7.79. The Kier molecular flexibility index (Phi) is 5.90. The zero-order chi connectivity index (χ0) is 11.8. The van der Waals surface area contributed by atoms with Crippen molar-refractivity contribution in [3.05, 3.63) is 35.9 Å². The Labute approximate surface area is 101 Å². The second-order valence-corrected chi connectivity index (χ2v) is 3.62. The third-order valence-electron chi connectivity index (χ3n) is 2.10. The van der Waals surface area contributed by atoms with Gasteiger partial charge in [0.1, 0.15) is 6.04 Å². The Balaban J connectivity index is 2.74. The SMILES string of the molecule is CCOC(=O)C(NCCCl)c1ccccc1. The van der Waals surface area contributed by atoms with Gasteiger partial charge in [-0.25, -0.2) is 4.79 Å². The highest BCUT2D eigenvalue weighted by Crippen LogP contribution is 2.14. The normalized spacial score (nSPS) is 12.1. The lowest BCUT2D eigenvalue weighted by Crippen LogP contribution is -2.31. The number of ether oxygens (including phenoxy) is 1. The van der Waals surface area contributed by atoms with Gasteiger partial charge in [0.25, 0.3) is 0 Å². The molecule has 1 aromatic rings. The van der Waals surface area contributed by atoms with Crippen LogP contribution in [0.15, 0.2) is 30.3 Å². The molecule has 1 aromatic carbocycles. The molecule has 0 amide bonds. The molecule has 0 aliphatic carbocycles. The summed E-state index contributed by atoms with van der Waals surface area (Å²) >= 11 is 5.60. The molecule has 1 N–H and O–H groups in total. The number of nitrogens with one attached hydrogen (secondary N) is 1. The minimum absolute atomic E-state index is 0.265. The molecule has 3 nitrogen and oxygen atoms in total. The lowest BCUT2D eigenvalue weighted by atomic mass is 10.1. The van der Waals surface area contributed by atoms with Crippen LogP contribution in [0, 0.1) is 0 Å². The van der Waals surface area contributed by atoms with Crippen LogP contribution in [0.5, 0.6) is 0 Å². The first kappa shape index (κ1) is 13.0. The van der Waals surface area contributed by atoms with Crippen molar-refractivity contribution >= 4 is 17.6 Å². The van der Waals surface area contributed by atoms with Crippen molar-refractivity contribution in [3.8, 4) is 0 Å². The number of benzene rings is 1. The molecule has 0 saturated carbocycles. The molecule has 4 heteroatoms. The van der Waals surface area contributed by atoms with E-state index in [2.05, 4.69) is 5.32 Å². The third kappa shape index (κ3) is 3.83. The van der Waals surface area contributed by atoms with Crippen LogP contribution >= 0.6 is 11.6 Å². The molecule has 1 unspecified atom stereocenters. The molecule has 1 atom stereocenters. The van der Waals surface area contributed by atoms with Gasteiger partial charge in [0.05, 0.1) is 6.61 Å². The zero-order valence-electron chi connectivity index (χ0n) is 9.28. The Morgan fingerprint density at radius 3 is 2.69 bits per heavy atom. The highest BCUT2D eigenvalue weighted by atomic mass is 35.5. The summed E-state index contributed by atoms with van der Waals surface area (Å²) in [5, 5.41) is 3.06. The molecule has 0 aliphatic rings. The van der Waals surface area contributed by atoms with Gasteiger partial charge < -0.3 is 4.74 Å². The van der Waals surface area contributed by atoms with Gasteiger partial charge in [0.15, 0.2) is 0 Å². The van der Waals surface area contributed by atoms with Crippen molar-refractivity contribution in [3.63, 3.8) is 0 Å². The average molecular weight is 242 g/mol. The first-order valence-electron chi connectivity index (χ1n) is 5.30. The third-order valence-corrected chi connectivity index (χ3v) is 2.29. The van der Waals surface area contributed by atoms with Crippen LogP contribution in [0.2, 0.25) is 0 Å². The summed E-state index contributed by atoms with van der Waals surface area (Å²) in [7, 11) is 0. The summed E-state index contributed by atoms with van der Waals surface area (Å²) in [5.74, 6) is 0.196. The van der Waals surface area contributed by atoms with Crippen LogP contribution in [-0.2, 0) is 9.53 Å². The van der Waals surface area contributed by atoms with Gasteiger partial charge in [-0.05, 0) is 12.5 Å². The molecule has 0 saturated heterocycles. The topological polar surface area (TPSA) is 38.3 Å². The molecule has 0 bridgehead atoms. The fourth-order valence-corrected chi connectivity index (χ4v) is 1.52. The number of alkyl halides is 1. The van der Waals surface area contributed by atoms with Crippen molar-refractivity contribution in [2.75, 3.05) is 19.0 Å². The lowest BCUT2D eigenvalue weighted by Gasteiger charge is -2.16. The fourth-order valence-electron chi connectivity index (χ4n) is 1.41. The molecular formula is C12H16ClNO2. The minimum atomic E-state index is -0.431. The first-order valence-corrected chi connectivity index (χ1v) is 5.84. The van der Waals surface area contributed by atoms with Crippen LogP contribution in [0.1, 0.15) is 18.5 Å². The van der Waals surface area contributed by atoms with E-state index in [1.807, 2.05) is 30.3 Å². The summed E-state index contributed by atoms with van der Waals surface area (Å²) in [6, 6.07) is 9.05. The summed E-state index contributed by atoms with van der Waals surface area (Å²) < 4.78 is 5.01. The number of hydrogen-bond acceptors (Lipinski definition) is 3. The molecule has 0 fully saturated rings. The van der Waals surface area contributed by atoms with Gasteiger partial charge in [0, 0.05) is 12.4 Å². The fraction of sp³-hybridized carbons (Fsp3) is 0.417. The summed E-state index contributed by atoms with van der Waals surface area (Å²) in [5.41, 5.74) is 0.895. The molecule has 0 heterocycles. The van der Waals surface area contributed by atoms with Gasteiger partial charge in [-0.3, -0.25) is 5.32 Å². The highest BCUT2D eigenvalue weighted by Gasteiger charge is 2.20. The van der Waals surface area contributed by atoms with Gasteiger partial charge in [0.2, 0.25) is 0 Å². The smallest absolute Gasteiger partial charge is 0.327 e. The van der Waals surface area contributed by atoms with E-state index in [9.17, 15) is 4.79 Å². The molecule has 0 radical (unpaired) electrons. The Bertz CT molecular complexity index is 316. The van der Waals surface area contributed by atoms with E-state index in [0.717, 1.165) is 5.56 Å². The summed E-state index contributed by atoms with van der Waals surface area (Å²) in [6.07, 6.45) is 0. The molecular weight excluding hydrogens is 226 g/mol. The van der Waals surface area contributed by atoms with Crippen molar-refractivity contribution in [2.45, 2.75) is 13.0 Å². The number of rotatable bonds is 6. The summed E-state index contributed by atoms with van der Waals surface area (Å²) in [4.78, 5) is 11.7. The predicted octanol–water partition coefficient (Wildman–Crippen LogP) is 2.12. The van der Waals surface area contributed by atoms with Crippen LogP contribution in [0.4, 0.5) is 0 Å². The second-order valence-electron chi connectivity index (χ2n) is 3.24. The Hall–Kier alpha value is -1.06. The molecule has 88 valence electrons. The largest absolute Gasteiger partial charge is 0.465 e. The van der Waals surface area contributed by atoms with E-state index >= 15 is 0 Å². The average Bonchev–Trinajstić information content (AvgIpc) is 2.31. The van der Waals surface area contributed by atoms with E-state index in [4.69, 9.17) is 16.3 Å². The van der Waals surface area contributed by atoms with Crippen LogP contribution in [0.3, 0.4) is 0 Å². The number of carbonyl (C=O) groups is 1. The maximum atomic E-state index is 11.7. The molecule has 1 rings (SSSR count). The van der Waals surface area contributed by atoms with E-state index in [1.54, 1.807) is 6.92 Å². The van der Waals surface area contributed by atoms with Crippen molar-refractivity contribution < 1.29 is 9.53 Å². The molecule has 0 aliphatic heterocycles. The van der Waals surface area contributed by atoms with E-state index in [-0.39, 0.29) is 5.97 Å². The quantitative estimate of drug-likeness (QED) is 0.613. The maximum Gasteiger partial charge on any atom is 0.327 e. The molecule has 0 aromatic heterocycles. The standard InChI is InChI=1S/C12H16ClNO2/c1-2-16-12(15)11(14-9-8-13)10-6-4-3-5-7-10/h3-7,11,14H,2,8-9H2,1H3. The summed E-state index contributed by atoms with van der Waals surface area (Å²) in [6.45, 7) is 2.74. The predicted molar refractivity (Wildman–Crippen MR) is 64.5 cm³/mol. The number of hydrogen-bond donors (Lipinski definition) is 1. The Morgan fingerprint density at radius 2 is 2.12 bits per heavy atom. The van der Waals surface area contributed by atoms with Gasteiger partial charge in [-0.2, -0.15) is 0 Å². The molecule has 0 spiro atoms. The van der Waals surface area contributed by atoms with Crippen LogP contribution in [0.25, 0.3) is 0 Å². The molecule has 16 heavy (non-hydrogen) atoms. The Morgan fingerprint density at radius 1 is 1.44 bits per heavy atom. The monoisotopic (exact) mass is 241 g/mol. The second kappa shape index (κ2) is 7.25. The maximum absolute atomic E-state index is 11.7. The van der Waals surface area contributed by atoms with Crippen molar-refractivity contribution in [2.24, 2.45) is 0 Å². The van der Waals surface area contributed by atoms with Crippen molar-refractivity contribution in [1.29, 1.82) is 0 Å². The number of halogens is 1. The highest BCUT2D eigenvalue weighted by molar-refractivity contribution is 6.18. The van der Waals surface area contributed by atoms with E-state index < -0.39 is 6.04 Å². The van der Waals surface area contributed by atoms with Crippen LogP contribution < -0.4 is 5.32 Å². The number of esters is 1. The number of carbonyl (C=O) groups excluding carboxylic acids is 1. The van der Waals surface area contributed by atoms with Gasteiger partial charge >= 0.3 is 5.97 Å². The van der Waals surface area contributed by atoms with Gasteiger partial charge in [-0.15, -0.1) is 11.6 Å².